The molecule has 10 heteroatoms. The Bertz CT molecular complexity index is 1240. The number of hydrogen-bond acceptors (Lipinski definition) is 6. The van der Waals surface area contributed by atoms with Crippen LogP contribution in [0.15, 0.2) is 68.9 Å². The molecule has 3 aromatic rings. The van der Waals surface area contributed by atoms with Crippen molar-refractivity contribution in [3.8, 4) is 11.3 Å². The molecular weight excluding hydrogens is 449 g/mol. The summed E-state index contributed by atoms with van der Waals surface area (Å²) in [6, 6.07) is 14.7. The fraction of sp³-hybridized carbons (Fsp3) is 0. The third-order valence-electron chi connectivity index (χ3n) is 4.02. The lowest BCUT2D eigenvalue weighted by Gasteiger charge is -1.99. The van der Waals surface area contributed by atoms with E-state index in [0.29, 0.717) is 32.3 Å². The van der Waals surface area contributed by atoms with Crippen molar-refractivity contribution < 1.29 is 14.1 Å². The Balaban J connectivity index is 1.55. The van der Waals surface area contributed by atoms with Crippen LogP contribution in [-0.4, -0.2) is 16.0 Å². The average Bonchev–Trinajstić information content (AvgIpc) is 3.30. The number of halogens is 2. The van der Waals surface area contributed by atoms with Crippen molar-refractivity contribution in [2.24, 2.45) is 4.99 Å². The molecule has 1 aliphatic heterocycles. The van der Waals surface area contributed by atoms with Crippen LogP contribution >= 0.6 is 35.0 Å². The van der Waals surface area contributed by atoms with Gasteiger partial charge in [-0.3, -0.25) is 14.9 Å². The normalized spacial score (nSPS) is 16.3. The van der Waals surface area contributed by atoms with Crippen LogP contribution in [0, 0.1) is 10.1 Å². The number of amidine groups is 1. The van der Waals surface area contributed by atoms with Crippen LogP contribution in [0.1, 0.15) is 5.76 Å². The maximum atomic E-state index is 12.3. The number of benzene rings is 2. The standard InChI is InChI=1S/C20H11Cl2N3O4S/c21-12-3-1-2-11(8-12)17-7-5-14(29-17)10-18-19(26)24-20(30-18)23-16-6-4-13(25(27)28)9-15(16)22/h1-10H,(H,23,24,26)/b18-10+. The molecule has 1 N–H and O–H groups in total. The lowest BCUT2D eigenvalue weighted by atomic mass is 10.2. The number of carbonyl (C=O) groups is 1. The maximum Gasteiger partial charge on any atom is 0.271 e. The molecular formula is C20H11Cl2N3O4S. The largest absolute Gasteiger partial charge is 0.457 e. The zero-order valence-electron chi connectivity index (χ0n) is 15.0. The van der Waals surface area contributed by atoms with Gasteiger partial charge in [0.2, 0.25) is 0 Å². The summed E-state index contributed by atoms with van der Waals surface area (Å²) in [5.41, 5.74) is 0.999. The second-order valence-electron chi connectivity index (χ2n) is 6.09. The lowest BCUT2D eigenvalue weighted by Crippen LogP contribution is -2.19. The van der Waals surface area contributed by atoms with Crippen molar-refractivity contribution >= 4 is 63.5 Å². The molecule has 30 heavy (non-hydrogen) atoms. The lowest BCUT2D eigenvalue weighted by molar-refractivity contribution is -0.384. The molecule has 1 aliphatic rings. The Kier molecular flexibility index (Phi) is 5.63. The predicted octanol–water partition coefficient (Wildman–Crippen LogP) is 6.05. The molecule has 2 heterocycles. The van der Waals surface area contributed by atoms with Crippen molar-refractivity contribution in [2.45, 2.75) is 0 Å². The maximum absolute atomic E-state index is 12.3. The van der Waals surface area contributed by atoms with Gasteiger partial charge in [0.05, 0.1) is 20.5 Å². The van der Waals surface area contributed by atoms with Gasteiger partial charge in [-0.2, -0.15) is 0 Å². The van der Waals surface area contributed by atoms with Crippen molar-refractivity contribution in [3.63, 3.8) is 0 Å². The summed E-state index contributed by atoms with van der Waals surface area (Å²) in [5, 5.41) is 14.5. The van der Waals surface area contributed by atoms with E-state index in [4.69, 9.17) is 27.6 Å². The molecule has 1 aromatic heterocycles. The molecule has 0 atom stereocenters. The van der Waals surface area contributed by atoms with Crippen molar-refractivity contribution in [1.82, 2.24) is 5.32 Å². The van der Waals surface area contributed by atoms with E-state index in [1.165, 1.54) is 18.2 Å². The van der Waals surface area contributed by atoms with E-state index in [9.17, 15) is 14.9 Å². The minimum absolute atomic E-state index is 0.112. The number of hydrogen-bond donors (Lipinski definition) is 1. The first-order valence-corrected chi connectivity index (χ1v) is 10.1. The number of nitro groups is 1. The highest BCUT2D eigenvalue weighted by Crippen LogP contribution is 2.33. The topological polar surface area (TPSA) is 97.7 Å². The van der Waals surface area contributed by atoms with Gasteiger partial charge in [-0.05, 0) is 42.1 Å². The van der Waals surface area contributed by atoms with Gasteiger partial charge in [0, 0.05) is 28.8 Å². The van der Waals surface area contributed by atoms with Crippen LogP contribution in [0.4, 0.5) is 11.4 Å². The molecule has 1 saturated heterocycles. The first-order valence-electron chi connectivity index (χ1n) is 8.48. The molecule has 1 amide bonds. The second kappa shape index (κ2) is 8.35. The van der Waals surface area contributed by atoms with Crippen LogP contribution in [0.5, 0.6) is 0 Å². The Morgan fingerprint density at radius 1 is 1.13 bits per heavy atom. The Hall–Kier alpha value is -3.07. The highest BCUT2D eigenvalue weighted by atomic mass is 35.5. The Morgan fingerprint density at radius 3 is 2.70 bits per heavy atom. The molecule has 150 valence electrons. The number of nitro benzene ring substituents is 1. The van der Waals surface area contributed by atoms with Crippen molar-refractivity contribution in [2.75, 3.05) is 0 Å². The first-order chi connectivity index (χ1) is 14.4. The van der Waals surface area contributed by atoms with Gasteiger partial charge in [0.1, 0.15) is 11.5 Å². The van der Waals surface area contributed by atoms with E-state index in [2.05, 4.69) is 10.3 Å². The van der Waals surface area contributed by atoms with E-state index in [1.54, 1.807) is 30.3 Å². The fourth-order valence-electron chi connectivity index (χ4n) is 2.65. The minimum atomic E-state index is -0.545. The summed E-state index contributed by atoms with van der Waals surface area (Å²) in [6.07, 6.45) is 1.61. The van der Waals surface area contributed by atoms with Gasteiger partial charge >= 0.3 is 0 Å². The van der Waals surface area contributed by atoms with Crippen LogP contribution in [0.3, 0.4) is 0 Å². The zero-order valence-corrected chi connectivity index (χ0v) is 17.3. The van der Waals surface area contributed by atoms with Crippen LogP contribution in [0.25, 0.3) is 17.4 Å². The third kappa shape index (κ3) is 4.40. The number of thioether (sulfide) groups is 1. The second-order valence-corrected chi connectivity index (χ2v) is 7.96. The fourth-order valence-corrected chi connectivity index (χ4v) is 3.87. The number of carbonyl (C=O) groups excluding carboxylic acids is 1. The molecule has 2 aromatic carbocycles. The smallest absolute Gasteiger partial charge is 0.271 e. The van der Waals surface area contributed by atoms with Crippen LogP contribution in [-0.2, 0) is 4.79 Å². The number of aliphatic imine (C=N–C) groups is 1. The predicted molar refractivity (Wildman–Crippen MR) is 118 cm³/mol. The molecule has 0 bridgehead atoms. The van der Waals surface area contributed by atoms with Gasteiger partial charge in [-0.15, -0.1) is 0 Å². The van der Waals surface area contributed by atoms with Gasteiger partial charge in [-0.1, -0.05) is 35.3 Å². The molecule has 0 saturated carbocycles. The monoisotopic (exact) mass is 459 g/mol. The summed E-state index contributed by atoms with van der Waals surface area (Å²) in [7, 11) is 0. The number of furan rings is 1. The number of rotatable bonds is 4. The molecule has 1 fully saturated rings. The van der Waals surface area contributed by atoms with E-state index in [1.807, 2.05) is 12.1 Å². The zero-order chi connectivity index (χ0) is 21.3. The average molecular weight is 460 g/mol. The molecule has 0 aliphatic carbocycles. The molecule has 0 spiro atoms. The van der Waals surface area contributed by atoms with E-state index in [-0.39, 0.29) is 16.6 Å². The number of nitrogens with one attached hydrogen (secondary N) is 1. The Morgan fingerprint density at radius 2 is 1.97 bits per heavy atom. The minimum Gasteiger partial charge on any atom is -0.457 e. The highest BCUT2D eigenvalue weighted by Gasteiger charge is 2.25. The summed E-state index contributed by atoms with van der Waals surface area (Å²) in [5.74, 6) is 0.786. The summed E-state index contributed by atoms with van der Waals surface area (Å²) in [6.45, 7) is 0. The third-order valence-corrected chi connectivity index (χ3v) is 5.47. The number of amides is 1. The number of non-ortho nitro benzene ring substituents is 1. The van der Waals surface area contributed by atoms with Crippen molar-refractivity contribution in [1.29, 1.82) is 0 Å². The summed E-state index contributed by atoms with van der Waals surface area (Å²) in [4.78, 5) is 27.2. The van der Waals surface area contributed by atoms with Gasteiger partial charge in [-0.25, -0.2) is 4.99 Å². The van der Waals surface area contributed by atoms with E-state index < -0.39 is 4.92 Å². The molecule has 4 rings (SSSR count). The van der Waals surface area contributed by atoms with E-state index >= 15 is 0 Å². The summed E-state index contributed by atoms with van der Waals surface area (Å²) < 4.78 is 5.79. The summed E-state index contributed by atoms with van der Waals surface area (Å²) >= 11 is 13.2. The first kappa shape index (κ1) is 20.2. The van der Waals surface area contributed by atoms with Crippen molar-refractivity contribution in [3.05, 3.63) is 85.4 Å². The van der Waals surface area contributed by atoms with Gasteiger partial charge < -0.3 is 9.73 Å². The van der Waals surface area contributed by atoms with Gasteiger partial charge in [0.25, 0.3) is 11.6 Å². The Labute approximate surface area is 184 Å². The van der Waals surface area contributed by atoms with Crippen LogP contribution < -0.4 is 5.32 Å². The van der Waals surface area contributed by atoms with Crippen LogP contribution in [0.2, 0.25) is 10.0 Å². The highest BCUT2D eigenvalue weighted by molar-refractivity contribution is 8.18. The molecule has 7 nitrogen and oxygen atoms in total. The van der Waals surface area contributed by atoms with Gasteiger partial charge in [0.15, 0.2) is 5.17 Å². The van der Waals surface area contributed by atoms with E-state index in [0.717, 1.165) is 17.3 Å². The quantitative estimate of drug-likeness (QED) is 0.290. The molecule has 0 unspecified atom stereocenters. The molecule has 0 radical (unpaired) electrons. The number of nitrogens with zero attached hydrogens (tertiary/aromatic N) is 2. The SMILES string of the molecule is O=C1NC(=Nc2ccc([N+](=O)[O-])cc2Cl)S/C1=C/c1ccc(-c2cccc(Cl)c2)o1.